The van der Waals surface area contributed by atoms with Gasteiger partial charge in [0.05, 0.1) is 0 Å². The maximum atomic E-state index is 11.7. The molecule has 0 aliphatic heterocycles. The standard InChI is InChI=1S/C16H26N2OS/c1-13(17-2)12-14-7-9-15(10-8-14)18-16(19)6-4-3-5-11-20/h7-10,13,17,20H,3-6,11-12H2,1-2H3,(H,18,19)/t13-/m0/s1. The number of anilines is 1. The molecule has 112 valence electrons. The predicted molar refractivity (Wildman–Crippen MR) is 89.6 cm³/mol. The fraction of sp³-hybridized carbons (Fsp3) is 0.562. The summed E-state index contributed by atoms with van der Waals surface area (Å²) < 4.78 is 0. The van der Waals surface area contributed by atoms with E-state index in [9.17, 15) is 4.79 Å². The van der Waals surface area contributed by atoms with Crippen molar-refractivity contribution in [3.8, 4) is 0 Å². The van der Waals surface area contributed by atoms with E-state index in [1.54, 1.807) is 0 Å². The summed E-state index contributed by atoms with van der Waals surface area (Å²) >= 11 is 4.16. The first-order valence-electron chi connectivity index (χ1n) is 7.32. The molecule has 0 unspecified atom stereocenters. The number of hydrogen-bond donors (Lipinski definition) is 3. The van der Waals surface area contributed by atoms with E-state index >= 15 is 0 Å². The molecule has 0 heterocycles. The SMILES string of the molecule is CN[C@@H](C)Cc1ccc(NC(=O)CCCCCS)cc1. The van der Waals surface area contributed by atoms with E-state index in [0.717, 1.165) is 37.1 Å². The summed E-state index contributed by atoms with van der Waals surface area (Å²) in [5, 5.41) is 6.16. The molecule has 4 heteroatoms. The van der Waals surface area contributed by atoms with Gasteiger partial charge in [0.25, 0.3) is 0 Å². The number of likely N-dealkylation sites (N-methyl/N-ethyl adjacent to an activating group) is 1. The third-order valence-corrected chi connectivity index (χ3v) is 3.65. The van der Waals surface area contributed by atoms with Gasteiger partial charge in [-0.2, -0.15) is 12.6 Å². The van der Waals surface area contributed by atoms with Crippen LogP contribution in [0, 0.1) is 0 Å². The van der Waals surface area contributed by atoms with Crippen molar-refractivity contribution >= 4 is 24.2 Å². The number of amides is 1. The van der Waals surface area contributed by atoms with Crippen molar-refractivity contribution in [2.24, 2.45) is 0 Å². The van der Waals surface area contributed by atoms with Crippen molar-refractivity contribution in [3.05, 3.63) is 29.8 Å². The van der Waals surface area contributed by atoms with Crippen molar-refractivity contribution in [2.75, 3.05) is 18.1 Å². The molecule has 1 atom stereocenters. The number of rotatable bonds is 9. The average Bonchev–Trinajstić information content (AvgIpc) is 2.45. The lowest BCUT2D eigenvalue weighted by Crippen LogP contribution is -2.23. The van der Waals surface area contributed by atoms with Crippen LogP contribution in [-0.4, -0.2) is 24.7 Å². The molecule has 0 aliphatic carbocycles. The first kappa shape index (κ1) is 17.1. The van der Waals surface area contributed by atoms with Gasteiger partial charge in [-0.25, -0.2) is 0 Å². The van der Waals surface area contributed by atoms with Gasteiger partial charge in [0.2, 0.25) is 5.91 Å². The van der Waals surface area contributed by atoms with Gasteiger partial charge >= 0.3 is 0 Å². The summed E-state index contributed by atoms with van der Waals surface area (Å²) in [6.07, 6.45) is 4.66. The van der Waals surface area contributed by atoms with Crippen LogP contribution in [0.25, 0.3) is 0 Å². The van der Waals surface area contributed by atoms with E-state index in [4.69, 9.17) is 0 Å². The summed E-state index contributed by atoms with van der Waals surface area (Å²) in [6, 6.07) is 8.56. The quantitative estimate of drug-likeness (QED) is 0.483. The van der Waals surface area contributed by atoms with Crippen molar-refractivity contribution in [1.29, 1.82) is 0 Å². The van der Waals surface area contributed by atoms with Crippen LogP contribution < -0.4 is 10.6 Å². The molecule has 0 aromatic heterocycles. The maximum absolute atomic E-state index is 11.7. The summed E-state index contributed by atoms with van der Waals surface area (Å²) in [6.45, 7) is 2.15. The Morgan fingerprint density at radius 3 is 2.50 bits per heavy atom. The third-order valence-electron chi connectivity index (χ3n) is 3.33. The normalized spacial score (nSPS) is 12.2. The van der Waals surface area contributed by atoms with Gasteiger partial charge in [0, 0.05) is 18.2 Å². The Morgan fingerprint density at radius 1 is 1.20 bits per heavy atom. The van der Waals surface area contributed by atoms with Crippen molar-refractivity contribution in [1.82, 2.24) is 5.32 Å². The van der Waals surface area contributed by atoms with E-state index in [-0.39, 0.29) is 5.91 Å². The molecule has 1 aromatic rings. The van der Waals surface area contributed by atoms with Gasteiger partial charge in [-0.05, 0) is 56.7 Å². The zero-order valence-corrected chi connectivity index (χ0v) is 13.4. The molecule has 2 N–H and O–H groups in total. The second kappa shape index (κ2) is 9.83. The van der Waals surface area contributed by atoms with Gasteiger partial charge in [-0.3, -0.25) is 4.79 Å². The number of carbonyl (C=O) groups is 1. The summed E-state index contributed by atoms with van der Waals surface area (Å²) in [5.41, 5.74) is 2.16. The molecular weight excluding hydrogens is 268 g/mol. The van der Waals surface area contributed by atoms with Crippen LogP contribution in [-0.2, 0) is 11.2 Å². The number of unbranched alkanes of at least 4 members (excludes halogenated alkanes) is 2. The van der Waals surface area contributed by atoms with Gasteiger partial charge in [-0.15, -0.1) is 0 Å². The van der Waals surface area contributed by atoms with Crippen LogP contribution in [0.1, 0.15) is 38.2 Å². The zero-order valence-electron chi connectivity index (χ0n) is 12.5. The molecule has 1 aromatic carbocycles. The highest BCUT2D eigenvalue weighted by Gasteiger charge is 2.04. The fourth-order valence-corrected chi connectivity index (χ4v) is 2.20. The minimum Gasteiger partial charge on any atom is -0.326 e. The average molecular weight is 294 g/mol. The molecule has 0 spiro atoms. The van der Waals surface area contributed by atoms with E-state index < -0.39 is 0 Å². The highest BCUT2D eigenvalue weighted by molar-refractivity contribution is 7.80. The summed E-state index contributed by atoms with van der Waals surface area (Å²) in [4.78, 5) is 11.7. The van der Waals surface area contributed by atoms with Gasteiger partial charge in [0.15, 0.2) is 0 Å². The highest BCUT2D eigenvalue weighted by atomic mass is 32.1. The van der Waals surface area contributed by atoms with Crippen LogP contribution in [0.3, 0.4) is 0 Å². The van der Waals surface area contributed by atoms with Crippen LogP contribution in [0.4, 0.5) is 5.69 Å². The van der Waals surface area contributed by atoms with E-state index in [1.165, 1.54) is 5.56 Å². The van der Waals surface area contributed by atoms with E-state index in [0.29, 0.717) is 12.5 Å². The first-order chi connectivity index (χ1) is 9.65. The molecule has 0 bridgehead atoms. The van der Waals surface area contributed by atoms with Gasteiger partial charge in [0.1, 0.15) is 0 Å². The van der Waals surface area contributed by atoms with Crippen molar-refractivity contribution in [3.63, 3.8) is 0 Å². The topological polar surface area (TPSA) is 41.1 Å². The molecular formula is C16H26N2OS. The number of carbonyl (C=O) groups excluding carboxylic acids is 1. The van der Waals surface area contributed by atoms with Gasteiger partial charge in [-0.1, -0.05) is 18.6 Å². The summed E-state index contributed by atoms with van der Waals surface area (Å²) in [5.74, 6) is 0.995. The fourth-order valence-electron chi connectivity index (χ4n) is 1.98. The molecule has 20 heavy (non-hydrogen) atoms. The highest BCUT2D eigenvalue weighted by Crippen LogP contribution is 2.12. The molecule has 1 rings (SSSR count). The smallest absolute Gasteiger partial charge is 0.224 e. The van der Waals surface area contributed by atoms with Crippen LogP contribution >= 0.6 is 12.6 Å². The monoisotopic (exact) mass is 294 g/mol. The largest absolute Gasteiger partial charge is 0.326 e. The Morgan fingerprint density at radius 2 is 1.90 bits per heavy atom. The molecule has 0 radical (unpaired) electrons. The third kappa shape index (κ3) is 6.96. The Hall–Kier alpha value is -1.00. The Bertz CT molecular complexity index is 392. The lowest BCUT2D eigenvalue weighted by Gasteiger charge is -2.11. The zero-order chi connectivity index (χ0) is 14.8. The van der Waals surface area contributed by atoms with Crippen LogP contribution in [0.2, 0.25) is 0 Å². The van der Waals surface area contributed by atoms with Crippen LogP contribution in [0.15, 0.2) is 24.3 Å². The second-order valence-corrected chi connectivity index (χ2v) is 5.62. The van der Waals surface area contributed by atoms with Crippen molar-refractivity contribution < 1.29 is 4.79 Å². The molecule has 3 nitrogen and oxygen atoms in total. The molecule has 0 fully saturated rings. The van der Waals surface area contributed by atoms with E-state index in [1.807, 2.05) is 19.2 Å². The number of hydrogen-bond acceptors (Lipinski definition) is 3. The molecule has 1 amide bonds. The number of nitrogens with one attached hydrogen (secondary N) is 2. The maximum Gasteiger partial charge on any atom is 0.224 e. The number of benzene rings is 1. The summed E-state index contributed by atoms with van der Waals surface area (Å²) in [7, 11) is 1.97. The van der Waals surface area contributed by atoms with Crippen LogP contribution in [0.5, 0.6) is 0 Å². The molecule has 0 saturated carbocycles. The minimum atomic E-state index is 0.0977. The Kier molecular flexibility index (Phi) is 8.38. The van der Waals surface area contributed by atoms with Gasteiger partial charge < -0.3 is 10.6 Å². The Labute approximate surface area is 127 Å². The lowest BCUT2D eigenvalue weighted by molar-refractivity contribution is -0.116. The Balaban J connectivity index is 2.35. The van der Waals surface area contributed by atoms with Crippen molar-refractivity contribution in [2.45, 2.75) is 45.1 Å². The predicted octanol–water partition coefficient (Wildman–Crippen LogP) is 3.27. The molecule has 0 aliphatic rings. The minimum absolute atomic E-state index is 0.0977. The lowest BCUT2D eigenvalue weighted by atomic mass is 10.1. The number of thiol groups is 1. The second-order valence-electron chi connectivity index (χ2n) is 5.17. The molecule has 0 saturated heterocycles. The first-order valence-corrected chi connectivity index (χ1v) is 7.96. The van der Waals surface area contributed by atoms with E-state index in [2.05, 4.69) is 42.3 Å².